The van der Waals surface area contributed by atoms with Crippen molar-refractivity contribution in [1.29, 1.82) is 0 Å². The normalized spacial score (nSPS) is 12.0. The summed E-state index contributed by atoms with van der Waals surface area (Å²) in [4.78, 5) is -0.700. The van der Waals surface area contributed by atoms with Gasteiger partial charge >= 0.3 is 6.18 Å². The Bertz CT molecular complexity index is 819. The van der Waals surface area contributed by atoms with Gasteiger partial charge in [0.05, 0.1) is 23.3 Å². The first-order valence-electron chi connectivity index (χ1n) is 6.17. The van der Waals surface area contributed by atoms with E-state index in [9.17, 15) is 26.0 Å². The van der Waals surface area contributed by atoms with Crippen molar-refractivity contribution in [2.24, 2.45) is 0 Å². The summed E-state index contributed by atoms with van der Waals surface area (Å²) < 4.78 is 82.6. The van der Waals surface area contributed by atoms with Crippen molar-refractivity contribution in [3.63, 3.8) is 0 Å². The van der Waals surface area contributed by atoms with E-state index in [1.807, 2.05) is 0 Å². The highest BCUT2D eigenvalue weighted by Crippen LogP contribution is 2.33. The number of hydrogen-bond acceptors (Lipinski definition) is 3. The van der Waals surface area contributed by atoms with Crippen LogP contribution in [0.5, 0.6) is 5.75 Å². The lowest BCUT2D eigenvalue weighted by Crippen LogP contribution is -2.15. The topological polar surface area (TPSA) is 55.4 Å². The molecular formula is C14H11F4NO3S. The zero-order valence-corrected chi connectivity index (χ0v) is 12.5. The van der Waals surface area contributed by atoms with E-state index in [0.29, 0.717) is 11.8 Å². The molecule has 0 radical (unpaired) electrons. The average Bonchev–Trinajstić information content (AvgIpc) is 2.46. The van der Waals surface area contributed by atoms with Gasteiger partial charge in [0, 0.05) is 6.07 Å². The van der Waals surface area contributed by atoms with Gasteiger partial charge in [-0.05, 0) is 30.3 Å². The third-order valence-corrected chi connectivity index (χ3v) is 4.25. The largest absolute Gasteiger partial charge is 0.497 e. The maximum Gasteiger partial charge on any atom is 0.419 e. The zero-order valence-electron chi connectivity index (χ0n) is 11.7. The SMILES string of the molecule is COc1cccc(NS(=O)(=O)c2ccc(F)c(C(F)(F)F)c2)c1. The minimum absolute atomic E-state index is 0.0993. The summed E-state index contributed by atoms with van der Waals surface area (Å²) in [5.41, 5.74) is -1.55. The van der Waals surface area contributed by atoms with Gasteiger partial charge in [-0.2, -0.15) is 13.2 Å². The van der Waals surface area contributed by atoms with E-state index in [1.165, 1.54) is 25.3 Å². The molecule has 1 N–H and O–H groups in total. The zero-order chi connectivity index (χ0) is 17.3. The molecule has 0 saturated carbocycles. The van der Waals surface area contributed by atoms with Crippen molar-refractivity contribution in [3.8, 4) is 5.75 Å². The second-order valence-corrected chi connectivity index (χ2v) is 6.16. The molecule has 0 fully saturated rings. The molecule has 0 aliphatic heterocycles. The van der Waals surface area contributed by atoms with Crippen molar-refractivity contribution < 1.29 is 30.7 Å². The molecule has 0 aliphatic carbocycles. The van der Waals surface area contributed by atoms with Crippen LogP contribution >= 0.6 is 0 Å². The van der Waals surface area contributed by atoms with Crippen molar-refractivity contribution >= 4 is 15.7 Å². The molecule has 0 spiro atoms. The second-order valence-electron chi connectivity index (χ2n) is 4.48. The molecule has 2 aromatic carbocycles. The van der Waals surface area contributed by atoms with E-state index in [2.05, 4.69) is 4.72 Å². The number of alkyl halides is 3. The molecule has 2 rings (SSSR count). The molecule has 0 aliphatic rings. The molecule has 0 amide bonds. The molecule has 0 aromatic heterocycles. The van der Waals surface area contributed by atoms with Crippen LogP contribution in [0, 0.1) is 5.82 Å². The Labute approximate surface area is 129 Å². The van der Waals surface area contributed by atoms with Gasteiger partial charge in [-0.25, -0.2) is 12.8 Å². The van der Waals surface area contributed by atoms with Gasteiger partial charge in [-0.3, -0.25) is 4.72 Å². The quantitative estimate of drug-likeness (QED) is 0.857. The van der Waals surface area contributed by atoms with Crippen LogP contribution in [-0.4, -0.2) is 15.5 Å². The predicted molar refractivity (Wildman–Crippen MR) is 75.2 cm³/mol. The molecule has 0 saturated heterocycles. The number of hydrogen-bond donors (Lipinski definition) is 1. The third kappa shape index (κ3) is 3.92. The molecule has 2 aromatic rings. The number of benzene rings is 2. The van der Waals surface area contributed by atoms with Crippen LogP contribution in [-0.2, 0) is 16.2 Å². The van der Waals surface area contributed by atoms with E-state index < -0.39 is 32.5 Å². The number of ether oxygens (including phenoxy) is 1. The summed E-state index contributed by atoms with van der Waals surface area (Å²) in [6.45, 7) is 0. The van der Waals surface area contributed by atoms with Crippen LogP contribution in [0.1, 0.15) is 5.56 Å². The summed E-state index contributed by atoms with van der Waals surface area (Å²) in [5, 5.41) is 0. The van der Waals surface area contributed by atoms with Crippen molar-refractivity contribution in [2.75, 3.05) is 11.8 Å². The predicted octanol–water partition coefficient (Wildman–Crippen LogP) is 3.65. The van der Waals surface area contributed by atoms with E-state index in [-0.39, 0.29) is 11.8 Å². The Morgan fingerprint density at radius 2 is 1.78 bits per heavy atom. The van der Waals surface area contributed by atoms with Crippen LogP contribution in [0.4, 0.5) is 23.2 Å². The van der Waals surface area contributed by atoms with Gasteiger partial charge < -0.3 is 4.74 Å². The van der Waals surface area contributed by atoms with E-state index in [1.54, 1.807) is 6.07 Å². The van der Waals surface area contributed by atoms with Crippen LogP contribution in [0.15, 0.2) is 47.4 Å². The van der Waals surface area contributed by atoms with Gasteiger partial charge in [0.2, 0.25) is 0 Å². The Kier molecular flexibility index (Phi) is 4.51. The molecular weight excluding hydrogens is 338 g/mol. The first kappa shape index (κ1) is 17.1. The number of sulfonamides is 1. The van der Waals surface area contributed by atoms with Crippen LogP contribution in [0.25, 0.3) is 0 Å². The van der Waals surface area contributed by atoms with Crippen LogP contribution < -0.4 is 9.46 Å². The third-order valence-electron chi connectivity index (χ3n) is 2.88. The average molecular weight is 349 g/mol. The number of nitrogens with one attached hydrogen (secondary N) is 1. The molecule has 0 unspecified atom stereocenters. The number of halogens is 4. The summed E-state index contributed by atoms with van der Waals surface area (Å²) in [7, 11) is -2.93. The van der Waals surface area contributed by atoms with Gasteiger partial charge in [0.25, 0.3) is 10.0 Å². The fourth-order valence-electron chi connectivity index (χ4n) is 1.79. The van der Waals surface area contributed by atoms with Gasteiger partial charge in [0.1, 0.15) is 11.6 Å². The summed E-state index contributed by atoms with van der Waals surface area (Å²) >= 11 is 0. The number of methoxy groups -OCH3 is 1. The lowest BCUT2D eigenvalue weighted by Gasteiger charge is -2.12. The minimum atomic E-state index is -4.99. The summed E-state index contributed by atoms with van der Waals surface area (Å²) in [6, 6.07) is 7.29. The lowest BCUT2D eigenvalue weighted by atomic mass is 10.2. The Morgan fingerprint density at radius 1 is 1.09 bits per heavy atom. The van der Waals surface area contributed by atoms with Crippen LogP contribution in [0.3, 0.4) is 0 Å². The molecule has 0 heterocycles. The van der Waals surface area contributed by atoms with E-state index in [0.717, 1.165) is 6.07 Å². The van der Waals surface area contributed by atoms with Crippen molar-refractivity contribution in [3.05, 3.63) is 53.8 Å². The number of rotatable bonds is 4. The van der Waals surface area contributed by atoms with Crippen molar-refractivity contribution in [2.45, 2.75) is 11.1 Å². The fraction of sp³-hybridized carbons (Fsp3) is 0.143. The standard InChI is InChI=1S/C14H11F4NO3S/c1-22-10-4-2-3-9(7-10)19-23(20,21)11-5-6-13(15)12(8-11)14(16,17)18/h2-8,19H,1H3. The summed E-state index contributed by atoms with van der Waals surface area (Å²) in [5.74, 6) is -1.18. The van der Waals surface area contributed by atoms with Crippen LogP contribution in [0.2, 0.25) is 0 Å². The van der Waals surface area contributed by atoms with Gasteiger partial charge in [-0.1, -0.05) is 6.07 Å². The highest BCUT2D eigenvalue weighted by molar-refractivity contribution is 7.92. The Balaban J connectivity index is 2.40. The Hall–Kier alpha value is -2.29. The van der Waals surface area contributed by atoms with E-state index >= 15 is 0 Å². The minimum Gasteiger partial charge on any atom is -0.497 e. The highest BCUT2D eigenvalue weighted by Gasteiger charge is 2.35. The molecule has 9 heteroatoms. The summed E-state index contributed by atoms with van der Waals surface area (Å²) in [6.07, 6.45) is -4.99. The van der Waals surface area contributed by atoms with Crippen molar-refractivity contribution in [1.82, 2.24) is 0 Å². The Morgan fingerprint density at radius 3 is 2.39 bits per heavy atom. The molecule has 4 nitrogen and oxygen atoms in total. The van der Waals surface area contributed by atoms with Gasteiger partial charge in [0.15, 0.2) is 0 Å². The molecule has 124 valence electrons. The first-order chi connectivity index (χ1) is 10.6. The monoisotopic (exact) mass is 349 g/mol. The van der Waals surface area contributed by atoms with Gasteiger partial charge in [-0.15, -0.1) is 0 Å². The maximum absolute atomic E-state index is 13.2. The first-order valence-corrected chi connectivity index (χ1v) is 7.65. The molecule has 0 bridgehead atoms. The number of anilines is 1. The molecule has 23 heavy (non-hydrogen) atoms. The van der Waals surface area contributed by atoms with E-state index in [4.69, 9.17) is 4.74 Å². The lowest BCUT2D eigenvalue weighted by molar-refractivity contribution is -0.140. The smallest absolute Gasteiger partial charge is 0.419 e. The molecule has 0 atom stereocenters. The fourth-order valence-corrected chi connectivity index (χ4v) is 2.86. The highest BCUT2D eigenvalue weighted by atomic mass is 32.2. The maximum atomic E-state index is 13.2. The second kappa shape index (κ2) is 6.07.